The Labute approximate surface area is 252 Å². The van der Waals surface area contributed by atoms with Gasteiger partial charge in [-0.05, 0) is 105 Å². The van der Waals surface area contributed by atoms with E-state index >= 15 is 0 Å². The monoisotopic (exact) mass is 578 g/mol. The minimum atomic E-state index is 0.0311. The fourth-order valence-electron chi connectivity index (χ4n) is 6.97. The number of carbonyl (C=O) groups excluding carboxylic acids is 1. The summed E-state index contributed by atoms with van der Waals surface area (Å²) in [5, 5.41) is 13.1. The molecule has 43 heavy (non-hydrogen) atoms. The van der Waals surface area contributed by atoms with E-state index < -0.39 is 0 Å². The lowest BCUT2D eigenvalue weighted by Crippen LogP contribution is -2.43. The highest BCUT2D eigenvalue weighted by molar-refractivity contribution is 6.05. The van der Waals surface area contributed by atoms with Gasteiger partial charge in [-0.3, -0.25) is 14.6 Å². The second-order valence-corrected chi connectivity index (χ2v) is 11.6. The average Bonchev–Trinajstić information content (AvgIpc) is 3.60. The van der Waals surface area contributed by atoms with Crippen LogP contribution in [0.3, 0.4) is 0 Å². The van der Waals surface area contributed by atoms with Crippen LogP contribution in [0.2, 0.25) is 0 Å². The van der Waals surface area contributed by atoms with Gasteiger partial charge in [0.2, 0.25) is 6.41 Å². The minimum Gasteiger partial charge on any atom is -0.508 e. The Bertz CT molecular complexity index is 1700. The van der Waals surface area contributed by atoms with Crippen LogP contribution in [-0.2, 0) is 9.53 Å². The number of amides is 1. The van der Waals surface area contributed by atoms with Crippen molar-refractivity contribution in [2.75, 3.05) is 44.4 Å². The van der Waals surface area contributed by atoms with Crippen molar-refractivity contribution in [3.8, 4) is 35.2 Å². The van der Waals surface area contributed by atoms with Crippen LogP contribution >= 0.6 is 0 Å². The molecule has 1 amide bonds. The molecule has 2 aliphatic heterocycles. The number of benzene rings is 3. The number of ether oxygens (including phenoxy) is 2. The first-order valence-electron chi connectivity index (χ1n) is 15.2. The summed E-state index contributed by atoms with van der Waals surface area (Å²) in [7, 11) is 0. The molecule has 0 saturated carbocycles. The predicted molar refractivity (Wildman–Crippen MR) is 170 cm³/mol. The van der Waals surface area contributed by atoms with E-state index in [0.717, 1.165) is 70.8 Å². The largest absolute Gasteiger partial charge is 0.508 e. The standard InChI is InChI=1S/C35H38N4O4/c1-4-25-10-6-11-26-20-27(41)21-30(31(25)26)28-12-13-29-32(24(28)3)36-34(37-33(29)38(23-40)16-9-19-42-5-2)43-22-35-14-7-17-39(35)18-8-15-35/h1,6,10-13,20-21,23,41H,5,7-9,14-19,22H2,2-3H3. The number of carbonyl (C=O) groups is 1. The SMILES string of the molecule is C#Cc1cccc2cc(O)cc(-c3ccc4c(N(C=O)CCCOCC)nc(OCC56CCCN5CCC6)nc4c3C)c12. The van der Waals surface area contributed by atoms with Crippen molar-refractivity contribution in [1.29, 1.82) is 0 Å². The number of hydrogen-bond acceptors (Lipinski definition) is 7. The Balaban J connectivity index is 1.48. The molecule has 222 valence electrons. The number of anilines is 1. The van der Waals surface area contributed by atoms with Gasteiger partial charge in [0.15, 0.2) is 0 Å². The zero-order valence-corrected chi connectivity index (χ0v) is 24.9. The van der Waals surface area contributed by atoms with Gasteiger partial charge in [0.25, 0.3) is 0 Å². The highest BCUT2D eigenvalue weighted by Gasteiger charge is 2.45. The van der Waals surface area contributed by atoms with E-state index in [1.54, 1.807) is 17.0 Å². The summed E-state index contributed by atoms with van der Waals surface area (Å²) in [6.07, 6.45) is 11.9. The zero-order valence-electron chi connectivity index (χ0n) is 24.9. The van der Waals surface area contributed by atoms with E-state index in [-0.39, 0.29) is 17.3 Å². The van der Waals surface area contributed by atoms with Gasteiger partial charge in [-0.2, -0.15) is 9.97 Å². The van der Waals surface area contributed by atoms with Crippen LogP contribution in [0.15, 0.2) is 42.5 Å². The Hall–Kier alpha value is -4.19. The van der Waals surface area contributed by atoms with Crippen molar-refractivity contribution in [2.24, 2.45) is 0 Å². The first-order chi connectivity index (χ1) is 21.0. The minimum absolute atomic E-state index is 0.0311. The van der Waals surface area contributed by atoms with E-state index in [1.807, 2.05) is 44.2 Å². The van der Waals surface area contributed by atoms with Crippen molar-refractivity contribution < 1.29 is 19.4 Å². The Kier molecular flexibility index (Phi) is 8.20. The molecule has 6 rings (SSSR count). The molecule has 3 aromatic carbocycles. The summed E-state index contributed by atoms with van der Waals surface area (Å²) in [4.78, 5) is 26.3. The van der Waals surface area contributed by atoms with Gasteiger partial charge in [-0.25, -0.2) is 0 Å². The number of phenolic OH excluding ortho intramolecular Hbond substituents is 1. The van der Waals surface area contributed by atoms with Crippen LogP contribution in [0, 0.1) is 19.3 Å². The van der Waals surface area contributed by atoms with Crippen molar-refractivity contribution in [3.63, 3.8) is 0 Å². The van der Waals surface area contributed by atoms with Crippen molar-refractivity contribution in [2.45, 2.75) is 51.5 Å². The molecule has 0 atom stereocenters. The van der Waals surface area contributed by atoms with Crippen LogP contribution in [0.1, 0.15) is 50.2 Å². The lowest BCUT2D eigenvalue weighted by Gasteiger charge is -2.31. The van der Waals surface area contributed by atoms with Gasteiger partial charge >= 0.3 is 6.01 Å². The van der Waals surface area contributed by atoms with Crippen LogP contribution < -0.4 is 9.64 Å². The topological polar surface area (TPSA) is 88.0 Å². The lowest BCUT2D eigenvalue weighted by atomic mass is 9.91. The lowest BCUT2D eigenvalue weighted by molar-refractivity contribution is -0.107. The molecule has 0 spiro atoms. The molecule has 8 heteroatoms. The van der Waals surface area contributed by atoms with E-state index in [1.165, 1.54) is 12.8 Å². The molecule has 0 aliphatic carbocycles. The zero-order chi connectivity index (χ0) is 30.0. The number of phenols is 1. The number of terminal acetylenes is 1. The first-order valence-corrected chi connectivity index (χ1v) is 15.2. The maximum atomic E-state index is 12.4. The van der Waals surface area contributed by atoms with Gasteiger partial charge in [0.1, 0.15) is 18.2 Å². The number of aromatic nitrogens is 2. The van der Waals surface area contributed by atoms with Gasteiger partial charge in [0, 0.05) is 36.1 Å². The Morgan fingerprint density at radius 1 is 1.14 bits per heavy atom. The third-order valence-corrected chi connectivity index (χ3v) is 9.06. The van der Waals surface area contributed by atoms with Crippen molar-refractivity contribution in [3.05, 3.63) is 53.6 Å². The first kappa shape index (κ1) is 28.9. The summed E-state index contributed by atoms with van der Waals surface area (Å²) in [6.45, 7) is 8.31. The Morgan fingerprint density at radius 3 is 2.70 bits per heavy atom. The number of fused-ring (bicyclic) bond motifs is 3. The molecule has 3 heterocycles. The van der Waals surface area contributed by atoms with Gasteiger partial charge in [-0.15, -0.1) is 6.42 Å². The summed E-state index contributed by atoms with van der Waals surface area (Å²) in [6, 6.07) is 13.4. The number of aryl methyl sites for hydroxylation is 1. The summed E-state index contributed by atoms with van der Waals surface area (Å²) >= 11 is 0. The maximum absolute atomic E-state index is 12.4. The number of hydrogen-bond donors (Lipinski definition) is 1. The Morgan fingerprint density at radius 2 is 1.95 bits per heavy atom. The average molecular weight is 579 g/mol. The van der Waals surface area contributed by atoms with Gasteiger partial charge in [-0.1, -0.05) is 24.1 Å². The molecule has 1 N–H and O–H groups in total. The van der Waals surface area contributed by atoms with Crippen LogP contribution in [0.4, 0.5) is 5.82 Å². The predicted octanol–water partition coefficient (Wildman–Crippen LogP) is 5.84. The molecule has 0 bridgehead atoms. The molecule has 2 aliphatic rings. The molecule has 0 radical (unpaired) electrons. The molecule has 0 unspecified atom stereocenters. The second kappa shape index (κ2) is 12.2. The number of aromatic hydroxyl groups is 1. The van der Waals surface area contributed by atoms with Crippen molar-refractivity contribution in [1.82, 2.24) is 14.9 Å². The molecule has 2 fully saturated rings. The highest BCUT2D eigenvalue weighted by Crippen LogP contribution is 2.41. The molecule has 8 nitrogen and oxygen atoms in total. The summed E-state index contributed by atoms with van der Waals surface area (Å²) < 4.78 is 11.9. The quantitative estimate of drug-likeness (QED) is 0.136. The third kappa shape index (κ3) is 5.39. The second-order valence-electron chi connectivity index (χ2n) is 11.6. The number of rotatable bonds is 11. The van der Waals surface area contributed by atoms with Gasteiger partial charge < -0.3 is 14.6 Å². The van der Waals surface area contributed by atoms with E-state index in [9.17, 15) is 9.90 Å². The molecular formula is C35H38N4O4. The molecule has 2 saturated heterocycles. The number of nitrogens with zero attached hydrogens (tertiary/aromatic N) is 4. The van der Waals surface area contributed by atoms with Crippen LogP contribution in [0.25, 0.3) is 32.8 Å². The fraction of sp³-hybridized carbons (Fsp3) is 0.400. The summed E-state index contributed by atoms with van der Waals surface area (Å²) in [5.41, 5.74) is 4.06. The molecule has 4 aromatic rings. The van der Waals surface area contributed by atoms with E-state index in [0.29, 0.717) is 44.1 Å². The van der Waals surface area contributed by atoms with Crippen LogP contribution in [-0.4, -0.2) is 71.4 Å². The van der Waals surface area contributed by atoms with E-state index in [4.69, 9.17) is 25.9 Å². The normalized spacial score (nSPS) is 15.9. The highest BCUT2D eigenvalue weighted by atomic mass is 16.5. The smallest absolute Gasteiger partial charge is 0.319 e. The summed E-state index contributed by atoms with van der Waals surface area (Å²) in [5.74, 6) is 3.47. The van der Waals surface area contributed by atoms with Crippen LogP contribution in [0.5, 0.6) is 11.8 Å². The van der Waals surface area contributed by atoms with Gasteiger partial charge in [0.05, 0.1) is 11.1 Å². The fourth-order valence-corrected chi connectivity index (χ4v) is 6.97. The molecular weight excluding hydrogens is 540 g/mol. The van der Waals surface area contributed by atoms with Crippen molar-refractivity contribution >= 4 is 33.9 Å². The maximum Gasteiger partial charge on any atom is 0.319 e. The van der Waals surface area contributed by atoms with E-state index in [2.05, 4.69) is 10.8 Å². The third-order valence-electron chi connectivity index (χ3n) is 9.06. The molecule has 1 aromatic heterocycles.